The predicted molar refractivity (Wildman–Crippen MR) is 133 cm³/mol. The number of sulfonamides is 1. The fourth-order valence-electron chi connectivity index (χ4n) is 3.37. The average molecular weight is 536 g/mol. The van der Waals surface area contributed by atoms with Gasteiger partial charge in [-0.15, -0.1) is 0 Å². The Hall–Kier alpha value is -3.57. The summed E-state index contributed by atoms with van der Waals surface area (Å²) < 4.78 is 78.7. The number of hydrogen-bond donors (Lipinski definition) is 2. The van der Waals surface area contributed by atoms with Crippen LogP contribution in [0.4, 0.5) is 17.6 Å². The molecular formula is C26H25F4N3O3S. The third-order valence-corrected chi connectivity index (χ3v) is 6.15. The predicted octanol–water partition coefficient (Wildman–Crippen LogP) is 4.88. The zero-order valence-corrected chi connectivity index (χ0v) is 20.8. The lowest BCUT2D eigenvalue weighted by Gasteiger charge is -2.15. The van der Waals surface area contributed by atoms with Gasteiger partial charge in [0.2, 0.25) is 15.9 Å². The summed E-state index contributed by atoms with van der Waals surface area (Å²) in [5, 5.41) is 2.66. The van der Waals surface area contributed by atoms with Crippen LogP contribution in [0.3, 0.4) is 0 Å². The van der Waals surface area contributed by atoms with E-state index in [1.165, 1.54) is 24.3 Å². The number of pyridine rings is 1. The normalized spacial score (nSPS) is 13.0. The Labute approximate surface area is 212 Å². The standard InChI is InChI=1S/C26H25F4N3O3S/c1-17(19-9-10-20(22(27)14-19)16-32-37(2,35)36)25(34)31-15-21-11-13-24(26(28,29)30)33-23(21)12-8-18-6-4-3-5-7-18/h3-14,17,32H,15-16H2,1-2H3,(H,31,34)/b12-8+. The second-order valence-corrected chi connectivity index (χ2v) is 10.2. The number of benzene rings is 2. The van der Waals surface area contributed by atoms with E-state index >= 15 is 0 Å². The van der Waals surface area contributed by atoms with Crippen LogP contribution in [0.1, 0.15) is 46.5 Å². The number of rotatable bonds is 9. The highest BCUT2D eigenvalue weighted by Crippen LogP contribution is 2.29. The van der Waals surface area contributed by atoms with Gasteiger partial charge < -0.3 is 5.32 Å². The van der Waals surface area contributed by atoms with Gasteiger partial charge in [-0.3, -0.25) is 4.79 Å². The van der Waals surface area contributed by atoms with Crippen molar-refractivity contribution < 1.29 is 30.8 Å². The van der Waals surface area contributed by atoms with Crippen molar-refractivity contribution in [2.45, 2.75) is 32.1 Å². The van der Waals surface area contributed by atoms with E-state index in [4.69, 9.17) is 0 Å². The SMILES string of the molecule is CC(C(=O)NCc1ccc(C(F)(F)F)nc1/C=C/c1ccccc1)c1ccc(CNS(C)(=O)=O)c(F)c1. The molecule has 2 N–H and O–H groups in total. The lowest BCUT2D eigenvalue weighted by Crippen LogP contribution is -2.28. The van der Waals surface area contributed by atoms with Crippen molar-refractivity contribution in [1.82, 2.24) is 15.0 Å². The maximum Gasteiger partial charge on any atom is 0.433 e. The molecule has 0 aliphatic heterocycles. The van der Waals surface area contributed by atoms with E-state index in [0.717, 1.165) is 24.0 Å². The summed E-state index contributed by atoms with van der Waals surface area (Å²) in [6, 6.07) is 15.1. The molecule has 0 saturated carbocycles. The fourth-order valence-corrected chi connectivity index (χ4v) is 3.78. The van der Waals surface area contributed by atoms with Crippen LogP contribution in [0.25, 0.3) is 12.2 Å². The van der Waals surface area contributed by atoms with Gasteiger partial charge in [0.25, 0.3) is 0 Å². The minimum atomic E-state index is -4.63. The molecule has 0 bridgehead atoms. The summed E-state index contributed by atoms with van der Waals surface area (Å²) in [7, 11) is -3.50. The first kappa shape index (κ1) is 28.0. The van der Waals surface area contributed by atoms with Gasteiger partial charge in [-0.25, -0.2) is 22.5 Å². The number of carbonyl (C=O) groups excluding carboxylic acids is 1. The van der Waals surface area contributed by atoms with E-state index in [-0.39, 0.29) is 24.3 Å². The summed E-state index contributed by atoms with van der Waals surface area (Å²) in [4.78, 5) is 16.5. The third-order valence-electron chi connectivity index (χ3n) is 5.48. The van der Waals surface area contributed by atoms with Crippen molar-refractivity contribution in [3.63, 3.8) is 0 Å². The number of alkyl halides is 3. The Bertz CT molecular complexity index is 1390. The Kier molecular flexibility index (Phi) is 8.82. The number of nitrogens with zero attached hydrogens (tertiary/aromatic N) is 1. The Morgan fingerprint density at radius 1 is 1.00 bits per heavy atom. The molecule has 37 heavy (non-hydrogen) atoms. The van der Waals surface area contributed by atoms with E-state index < -0.39 is 39.5 Å². The minimum Gasteiger partial charge on any atom is -0.351 e. The van der Waals surface area contributed by atoms with Gasteiger partial charge in [-0.1, -0.05) is 54.6 Å². The van der Waals surface area contributed by atoms with Gasteiger partial charge in [-0.2, -0.15) is 13.2 Å². The number of aromatic nitrogens is 1. The zero-order chi connectivity index (χ0) is 27.2. The molecule has 11 heteroatoms. The van der Waals surface area contributed by atoms with Crippen LogP contribution in [0.15, 0.2) is 60.7 Å². The molecule has 0 aliphatic carbocycles. The Morgan fingerprint density at radius 3 is 2.30 bits per heavy atom. The monoisotopic (exact) mass is 535 g/mol. The summed E-state index contributed by atoms with van der Waals surface area (Å²) in [6.07, 6.45) is -0.590. The third kappa shape index (κ3) is 8.22. The summed E-state index contributed by atoms with van der Waals surface area (Å²) >= 11 is 0. The van der Waals surface area contributed by atoms with Gasteiger partial charge in [0.15, 0.2) is 0 Å². The highest BCUT2D eigenvalue weighted by Gasteiger charge is 2.32. The molecule has 196 valence electrons. The first-order valence-corrected chi connectivity index (χ1v) is 13.0. The van der Waals surface area contributed by atoms with Crippen molar-refractivity contribution in [3.05, 3.63) is 100 Å². The van der Waals surface area contributed by atoms with Crippen molar-refractivity contribution in [3.8, 4) is 0 Å². The average Bonchev–Trinajstić information content (AvgIpc) is 2.84. The first-order chi connectivity index (χ1) is 17.3. The number of carbonyl (C=O) groups is 1. The molecule has 0 fully saturated rings. The number of hydrogen-bond acceptors (Lipinski definition) is 4. The van der Waals surface area contributed by atoms with E-state index in [1.54, 1.807) is 37.3 Å². The summed E-state index contributed by atoms with van der Waals surface area (Å²) in [5.74, 6) is -1.93. The maximum atomic E-state index is 14.4. The van der Waals surface area contributed by atoms with Gasteiger partial charge in [0, 0.05) is 18.7 Å². The highest BCUT2D eigenvalue weighted by molar-refractivity contribution is 7.88. The van der Waals surface area contributed by atoms with Crippen molar-refractivity contribution in [2.24, 2.45) is 0 Å². The van der Waals surface area contributed by atoms with Crippen LogP contribution >= 0.6 is 0 Å². The Balaban J connectivity index is 1.75. The molecule has 3 aromatic rings. The lowest BCUT2D eigenvalue weighted by molar-refractivity contribution is -0.141. The molecule has 0 saturated heterocycles. The fraction of sp³-hybridized carbons (Fsp3) is 0.231. The zero-order valence-electron chi connectivity index (χ0n) is 20.0. The van der Waals surface area contributed by atoms with Gasteiger partial charge in [0.05, 0.1) is 17.9 Å². The molecule has 1 heterocycles. The second kappa shape index (κ2) is 11.7. The first-order valence-electron chi connectivity index (χ1n) is 11.1. The van der Waals surface area contributed by atoms with Gasteiger partial charge >= 0.3 is 6.18 Å². The highest BCUT2D eigenvalue weighted by atomic mass is 32.2. The molecule has 1 amide bonds. The van der Waals surface area contributed by atoms with Gasteiger partial charge in [-0.05, 0) is 41.8 Å². The van der Waals surface area contributed by atoms with Crippen molar-refractivity contribution in [1.29, 1.82) is 0 Å². The maximum absolute atomic E-state index is 14.4. The molecule has 2 aromatic carbocycles. The smallest absolute Gasteiger partial charge is 0.351 e. The van der Waals surface area contributed by atoms with Crippen LogP contribution in [-0.4, -0.2) is 25.6 Å². The van der Waals surface area contributed by atoms with Crippen molar-refractivity contribution >= 4 is 28.1 Å². The molecule has 1 aromatic heterocycles. The van der Waals surface area contributed by atoms with Crippen LogP contribution in [0, 0.1) is 5.82 Å². The quantitative estimate of drug-likeness (QED) is 0.383. The molecule has 0 aliphatic rings. The molecule has 3 rings (SSSR count). The van der Waals surface area contributed by atoms with E-state index in [2.05, 4.69) is 15.0 Å². The van der Waals surface area contributed by atoms with Gasteiger partial charge in [0.1, 0.15) is 11.5 Å². The molecule has 6 nitrogen and oxygen atoms in total. The van der Waals surface area contributed by atoms with Crippen LogP contribution in [0.2, 0.25) is 0 Å². The molecular weight excluding hydrogens is 510 g/mol. The Morgan fingerprint density at radius 2 is 1.68 bits per heavy atom. The molecule has 0 radical (unpaired) electrons. The summed E-state index contributed by atoms with van der Waals surface area (Å²) in [6.45, 7) is 1.23. The van der Waals surface area contributed by atoms with E-state index in [1.807, 2.05) is 6.07 Å². The number of amides is 1. The second-order valence-electron chi connectivity index (χ2n) is 8.37. The topological polar surface area (TPSA) is 88.2 Å². The number of nitrogens with one attached hydrogen (secondary N) is 2. The van der Waals surface area contributed by atoms with Crippen LogP contribution in [-0.2, 0) is 34.1 Å². The van der Waals surface area contributed by atoms with E-state index in [0.29, 0.717) is 11.1 Å². The number of halogens is 4. The summed E-state index contributed by atoms with van der Waals surface area (Å²) in [5.41, 5.74) is 0.613. The van der Waals surface area contributed by atoms with E-state index in [9.17, 15) is 30.8 Å². The van der Waals surface area contributed by atoms with Crippen LogP contribution < -0.4 is 10.0 Å². The molecule has 0 spiro atoms. The van der Waals surface area contributed by atoms with Crippen molar-refractivity contribution in [2.75, 3.05) is 6.26 Å². The minimum absolute atomic E-state index is 0.0559. The molecule has 1 atom stereocenters. The largest absolute Gasteiger partial charge is 0.433 e. The lowest BCUT2D eigenvalue weighted by atomic mass is 9.98. The molecule has 1 unspecified atom stereocenters. The van der Waals surface area contributed by atoms with Crippen LogP contribution in [0.5, 0.6) is 0 Å².